The van der Waals surface area contributed by atoms with Crippen LogP contribution in [0.2, 0.25) is 5.02 Å². The quantitative estimate of drug-likeness (QED) is 0.355. The number of amides is 1. The molecule has 1 N–H and O–H groups in total. The van der Waals surface area contributed by atoms with Gasteiger partial charge in [0.15, 0.2) is 5.82 Å². The van der Waals surface area contributed by atoms with Crippen LogP contribution in [0, 0.1) is 5.82 Å². The van der Waals surface area contributed by atoms with E-state index < -0.39 is 5.82 Å². The van der Waals surface area contributed by atoms with Crippen LogP contribution in [0.3, 0.4) is 0 Å². The van der Waals surface area contributed by atoms with E-state index in [1.54, 1.807) is 6.07 Å². The van der Waals surface area contributed by atoms with Gasteiger partial charge in [-0.2, -0.15) is 5.06 Å². The van der Waals surface area contributed by atoms with E-state index in [4.69, 9.17) is 16.4 Å². The Morgan fingerprint density at radius 1 is 1.27 bits per heavy atom. The lowest BCUT2D eigenvalue weighted by atomic mass is 10.2. The lowest BCUT2D eigenvalue weighted by Gasteiger charge is -2.21. The van der Waals surface area contributed by atoms with Gasteiger partial charge in [0.25, 0.3) is 5.91 Å². The highest BCUT2D eigenvalue weighted by atomic mass is 79.9. The molecule has 0 radical (unpaired) electrons. The summed E-state index contributed by atoms with van der Waals surface area (Å²) in [6.07, 6.45) is 1.36. The van der Waals surface area contributed by atoms with Gasteiger partial charge in [-0.1, -0.05) is 39.7 Å². The molecule has 0 saturated heterocycles. The molecule has 0 bridgehead atoms. The highest BCUT2D eigenvalue weighted by molar-refractivity contribution is 9.09. The minimum atomic E-state index is -0.512. The Balaban J connectivity index is 1.80. The topological polar surface area (TPSA) is 67.3 Å². The van der Waals surface area contributed by atoms with Crippen LogP contribution < -0.4 is 10.4 Å². The molecule has 26 heavy (non-hydrogen) atoms. The van der Waals surface area contributed by atoms with Crippen LogP contribution >= 0.6 is 27.5 Å². The number of hydrogen-bond acceptors (Lipinski definition) is 5. The molecule has 0 aliphatic rings. The first-order valence-electron chi connectivity index (χ1n) is 7.50. The molecular formula is C17H13BrClFN4O2. The Labute approximate surface area is 162 Å². The number of carbonyl (C=O) groups excluding carboxylic acids is 1. The zero-order valence-electron chi connectivity index (χ0n) is 13.3. The fraction of sp³-hybridized carbons (Fsp3) is 0.118. The molecule has 0 atom stereocenters. The minimum absolute atomic E-state index is 0.00909. The molecule has 0 fully saturated rings. The highest BCUT2D eigenvalue weighted by Gasteiger charge is 2.20. The number of benzene rings is 2. The smallest absolute Gasteiger partial charge is 0.263 e. The summed E-state index contributed by atoms with van der Waals surface area (Å²) < 4.78 is 13.2. The van der Waals surface area contributed by atoms with Gasteiger partial charge in [0, 0.05) is 11.1 Å². The van der Waals surface area contributed by atoms with E-state index in [0.29, 0.717) is 22.4 Å². The molecule has 0 aliphatic carbocycles. The number of nitrogens with zero attached hydrogens (tertiary/aromatic N) is 3. The SMILES string of the molecule is O=C(CBr)N(OCNc1ccc(F)c(Cl)c1)c1ncnc2ccccc12. The molecule has 1 heterocycles. The van der Waals surface area contributed by atoms with E-state index in [9.17, 15) is 9.18 Å². The molecule has 0 aliphatic heterocycles. The van der Waals surface area contributed by atoms with E-state index in [1.165, 1.54) is 24.5 Å². The average molecular weight is 440 g/mol. The first-order valence-corrected chi connectivity index (χ1v) is 9.00. The van der Waals surface area contributed by atoms with Crippen LogP contribution in [0.1, 0.15) is 0 Å². The first kappa shape index (κ1) is 18.5. The zero-order chi connectivity index (χ0) is 18.5. The Morgan fingerprint density at radius 2 is 2.08 bits per heavy atom. The van der Waals surface area contributed by atoms with Crippen LogP contribution in [0.15, 0.2) is 48.8 Å². The van der Waals surface area contributed by atoms with Crippen molar-refractivity contribution in [3.05, 3.63) is 59.6 Å². The molecule has 2 aromatic carbocycles. The number of aromatic nitrogens is 2. The lowest BCUT2D eigenvalue weighted by molar-refractivity contribution is -0.123. The van der Waals surface area contributed by atoms with Gasteiger partial charge in [-0.05, 0) is 30.3 Å². The standard InChI is InChI=1S/C17H13BrClFN4O2/c18-8-16(25)24(17-12-3-1-2-4-15(12)21-9-22-17)26-10-23-11-5-6-14(20)13(19)7-11/h1-7,9,23H,8,10H2. The van der Waals surface area contributed by atoms with E-state index in [2.05, 4.69) is 31.2 Å². The van der Waals surface area contributed by atoms with E-state index >= 15 is 0 Å². The van der Waals surface area contributed by atoms with Gasteiger partial charge in [-0.25, -0.2) is 19.2 Å². The molecular weight excluding hydrogens is 427 g/mol. The largest absolute Gasteiger partial charge is 0.361 e. The van der Waals surface area contributed by atoms with Crippen molar-refractivity contribution < 1.29 is 14.0 Å². The lowest BCUT2D eigenvalue weighted by Crippen LogP contribution is -2.34. The Hall–Kier alpha value is -2.29. The maximum absolute atomic E-state index is 13.2. The zero-order valence-corrected chi connectivity index (χ0v) is 15.7. The van der Waals surface area contributed by atoms with Crippen molar-refractivity contribution in [2.75, 3.05) is 22.4 Å². The molecule has 1 amide bonds. The Bertz CT molecular complexity index is 938. The van der Waals surface area contributed by atoms with Gasteiger partial charge in [0.05, 0.1) is 15.9 Å². The minimum Gasteiger partial charge on any atom is -0.361 e. The molecule has 134 valence electrons. The number of halogens is 3. The second-order valence-electron chi connectivity index (χ2n) is 5.12. The molecule has 6 nitrogen and oxygen atoms in total. The fourth-order valence-electron chi connectivity index (χ4n) is 2.24. The van der Waals surface area contributed by atoms with Gasteiger partial charge >= 0.3 is 0 Å². The molecule has 9 heteroatoms. The van der Waals surface area contributed by atoms with Crippen LogP contribution in [0.25, 0.3) is 10.9 Å². The number of hydrogen-bond donors (Lipinski definition) is 1. The van der Waals surface area contributed by atoms with Crippen LogP contribution in [-0.2, 0) is 9.63 Å². The third-order valence-corrected chi connectivity index (χ3v) is 4.21. The molecule has 3 rings (SSSR count). The normalized spacial score (nSPS) is 10.7. The Kier molecular flexibility index (Phi) is 5.97. The number of alkyl halides is 1. The fourth-order valence-corrected chi connectivity index (χ4v) is 2.65. The van der Waals surface area contributed by atoms with Gasteiger partial charge < -0.3 is 5.32 Å². The number of para-hydroxylation sites is 1. The summed E-state index contributed by atoms with van der Waals surface area (Å²) in [6.45, 7) is -0.0565. The predicted octanol–water partition coefficient (Wildman–Crippen LogP) is 4.15. The van der Waals surface area contributed by atoms with Crippen LogP contribution in [0.5, 0.6) is 0 Å². The number of nitrogens with one attached hydrogen (secondary N) is 1. The average Bonchev–Trinajstić information content (AvgIpc) is 2.67. The molecule has 0 unspecified atom stereocenters. The summed E-state index contributed by atoms with van der Waals surface area (Å²) in [5.74, 6) is -0.520. The monoisotopic (exact) mass is 438 g/mol. The summed E-state index contributed by atoms with van der Waals surface area (Å²) in [4.78, 5) is 26.2. The second kappa shape index (κ2) is 8.39. The number of carbonyl (C=O) groups is 1. The predicted molar refractivity (Wildman–Crippen MR) is 102 cm³/mol. The maximum Gasteiger partial charge on any atom is 0.263 e. The maximum atomic E-state index is 13.2. The van der Waals surface area contributed by atoms with Gasteiger partial charge in [0.2, 0.25) is 0 Å². The summed E-state index contributed by atoms with van der Waals surface area (Å²) >= 11 is 8.88. The van der Waals surface area contributed by atoms with Crippen molar-refractivity contribution in [3.63, 3.8) is 0 Å². The summed E-state index contributed by atoms with van der Waals surface area (Å²) in [5, 5.41) is 4.72. The molecule has 0 spiro atoms. The molecule has 3 aromatic rings. The third-order valence-electron chi connectivity index (χ3n) is 3.44. The van der Waals surface area contributed by atoms with Crippen molar-refractivity contribution in [1.29, 1.82) is 0 Å². The number of fused-ring (bicyclic) bond motifs is 1. The number of hydroxylamine groups is 1. The summed E-state index contributed by atoms with van der Waals surface area (Å²) in [5.41, 5.74) is 1.24. The van der Waals surface area contributed by atoms with Crippen molar-refractivity contribution in [3.8, 4) is 0 Å². The Morgan fingerprint density at radius 3 is 2.85 bits per heavy atom. The number of anilines is 2. The second-order valence-corrected chi connectivity index (χ2v) is 6.08. The van der Waals surface area contributed by atoms with E-state index in [-0.39, 0.29) is 23.0 Å². The van der Waals surface area contributed by atoms with Crippen molar-refractivity contribution in [1.82, 2.24) is 9.97 Å². The van der Waals surface area contributed by atoms with Crippen LogP contribution in [-0.4, -0.2) is 27.9 Å². The van der Waals surface area contributed by atoms with Gasteiger partial charge in [0.1, 0.15) is 18.9 Å². The van der Waals surface area contributed by atoms with Crippen LogP contribution in [0.4, 0.5) is 15.9 Å². The van der Waals surface area contributed by atoms with E-state index in [1.807, 2.05) is 18.2 Å². The summed E-state index contributed by atoms with van der Waals surface area (Å²) in [7, 11) is 0. The van der Waals surface area contributed by atoms with E-state index in [0.717, 1.165) is 5.06 Å². The third kappa shape index (κ3) is 4.09. The number of rotatable bonds is 6. The highest BCUT2D eigenvalue weighted by Crippen LogP contribution is 2.24. The summed E-state index contributed by atoms with van der Waals surface area (Å²) in [6, 6.07) is 11.5. The van der Waals surface area contributed by atoms with Crippen molar-refractivity contribution in [2.24, 2.45) is 0 Å². The van der Waals surface area contributed by atoms with Crippen molar-refractivity contribution in [2.45, 2.75) is 0 Å². The first-order chi connectivity index (χ1) is 12.6. The molecule has 0 saturated carbocycles. The van der Waals surface area contributed by atoms with Gasteiger partial charge in [-0.3, -0.25) is 4.79 Å². The molecule has 1 aromatic heterocycles. The van der Waals surface area contributed by atoms with Crippen molar-refractivity contribution >= 4 is 55.8 Å². The van der Waals surface area contributed by atoms with Gasteiger partial charge in [-0.15, -0.1) is 0 Å².